The Kier molecular flexibility index (Phi) is 4.52. The third-order valence-electron chi connectivity index (χ3n) is 4.00. The van der Waals surface area contributed by atoms with Gasteiger partial charge < -0.3 is 10.2 Å². The van der Waals surface area contributed by atoms with Crippen LogP contribution in [0.2, 0.25) is 0 Å². The van der Waals surface area contributed by atoms with Crippen molar-refractivity contribution in [1.29, 1.82) is 0 Å². The molecule has 2 atom stereocenters. The molecule has 0 saturated carbocycles. The normalized spacial score (nSPS) is 24.3. The van der Waals surface area contributed by atoms with Crippen LogP contribution in [0.15, 0.2) is 0 Å². The molecule has 2 N–H and O–H groups in total. The van der Waals surface area contributed by atoms with Gasteiger partial charge in [-0.05, 0) is 19.3 Å². The molecule has 1 aliphatic rings. The summed E-state index contributed by atoms with van der Waals surface area (Å²) in [5, 5.41) is 17.8. The van der Waals surface area contributed by atoms with Crippen molar-refractivity contribution in [3.05, 3.63) is 0 Å². The van der Waals surface area contributed by atoms with E-state index in [-0.39, 0.29) is 18.8 Å². The van der Waals surface area contributed by atoms with Crippen molar-refractivity contribution < 1.29 is 29.4 Å². The van der Waals surface area contributed by atoms with E-state index in [4.69, 9.17) is 10.2 Å². The smallest absolute Gasteiger partial charge is 0.326 e. The summed E-state index contributed by atoms with van der Waals surface area (Å²) in [6.07, 6.45) is -0.733. The van der Waals surface area contributed by atoms with Crippen LogP contribution < -0.4 is 0 Å². The predicted octanol–water partition coefficient (Wildman–Crippen LogP) is 0.726. The van der Waals surface area contributed by atoms with Gasteiger partial charge in [-0.1, -0.05) is 13.8 Å². The number of hydrogen-bond donors (Lipinski definition) is 2. The van der Waals surface area contributed by atoms with Crippen molar-refractivity contribution >= 4 is 23.8 Å². The Bertz CT molecular complexity index is 458. The summed E-state index contributed by atoms with van der Waals surface area (Å²) in [6, 6.07) is -1.41. The Balaban J connectivity index is 3.03. The summed E-state index contributed by atoms with van der Waals surface area (Å²) in [6.45, 7) is 5.22. The third kappa shape index (κ3) is 2.81. The van der Waals surface area contributed by atoms with Crippen molar-refractivity contribution in [2.45, 2.75) is 46.1 Å². The molecule has 1 saturated heterocycles. The second-order valence-electron chi connectivity index (χ2n) is 5.60. The highest BCUT2D eigenvalue weighted by Gasteiger charge is 2.53. The maximum Gasteiger partial charge on any atom is 0.326 e. The number of carboxylic acid groups (broad SMARTS) is 2. The molecule has 0 bridgehead atoms. The lowest BCUT2D eigenvalue weighted by Gasteiger charge is -2.28. The first-order chi connectivity index (χ1) is 9.11. The van der Waals surface area contributed by atoms with Crippen molar-refractivity contribution in [1.82, 2.24) is 4.90 Å². The highest BCUT2D eigenvalue weighted by molar-refractivity contribution is 6.08. The molecule has 1 rings (SSSR count). The summed E-state index contributed by atoms with van der Waals surface area (Å²) >= 11 is 0. The molecule has 1 fully saturated rings. The number of likely N-dealkylation sites (tertiary alicyclic amines) is 1. The molecule has 7 nitrogen and oxygen atoms in total. The Labute approximate surface area is 116 Å². The average Bonchev–Trinajstić information content (AvgIpc) is 2.53. The zero-order valence-electron chi connectivity index (χ0n) is 11.8. The van der Waals surface area contributed by atoms with Crippen molar-refractivity contribution in [2.75, 3.05) is 0 Å². The molecule has 0 aromatic carbocycles. The maximum absolute atomic E-state index is 12.4. The van der Waals surface area contributed by atoms with Gasteiger partial charge in [0, 0.05) is 12.8 Å². The Morgan fingerprint density at radius 2 is 1.85 bits per heavy atom. The molecule has 2 unspecified atom stereocenters. The van der Waals surface area contributed by atoms with E-state index in [2.05, 4.69) is 0 Å². The van der Waals surface area contributed by atoms with Crippen molar-refractivity contribution in [2.24, 2.45) is 11.3 Å². The van der Waals surface area contributed by atoms with Crippen LogP contribution in [0, 0.1) is 11.3 Å². The van der Waals surface area contributed by atoms with Crippen molar-refractivity contribution in [3.8, 4) is 0 Å². The van der Waals surface area contributed by atoms with Gasteiger partial charge in [0.2, 0.25) is 11.8 Å². The van der Waals surface area contributed by atoms with Gasteiger partial charge in [0.15, 0.2) is 0 Å². The summed E-state index contributed by atoms with van der Waals surface area (Å²) in [7, 11) is 0. The topological polar surface area (TPSA) is 112 Å². The molecule has 0 aromatic rings. The van der Waals surface area contributed by atoms with E-state index in [0.717, 1.165) is 4.90 Å². The Morgan fingerprint density at radius 3 is 2.20 bits per heavy atom. The van der Waals surface area contributed by atoms with Gasteiger partial charge in [-0.3, -0.25) is 19.3 Å². The number of imide groups is 1. The number of carbonyl (C=O) groups excluding carboxylic acids is 2. The molecule has 1 aliphatic heterocycles. The fourth-order valence-corrected chi connectivity index (χ4v) is 2.25. The number of rotatable bonds is 6. The number of carbonyl (C=O) groups is 4. The molecule has 0 aromatic heterocycles. The zero-order chi connectivity index (χ0) is 15.7. The fourth-order valence-electron chi connectivity index (χ4n) is 2.25. The van der Waals surface area contributed by atoms with Crippen LogP contribution in [-0.2, 0) is 19.2 Å². The van der Waals surface area contributed by atoms with Crippen LogP contribution >= 0.6 is 0 Å². The summed E-state index contributed by atoms with van der Waals surface area (Å²) in [5.41, 5.74) is -0.923. The molecule has 1 heterocycles. The summed E-state index contributed by atoms with van der Waals surface area (Å²) in [5.74, 6) is -3.72. The summed E-state index contributed by atoms with van der Waals surface area (Å²) in [4.78, 5) is 46.9. The first-order valence-electron chi connectivity index (χ1n) is 6.42. The third-order valence-corrected chi connectivity index (χ3v) is 4.00. The highest BCUT2D eigenvalue weighted by Crippen LogP contribution is 2.40. The van der Waals surface area contributed by atoms with Crippen molar-refractivity contribution in [3.63, 3.8) is 0 Å². The summed E-state index contributed by atoms with van der Waals surface area (Å²) < 4.78 is 0. The van der Waals surface area contributed by atoms with E-state index < -0.39 is 41.6 Å². The number of amides is 2. The van der Waals surface area contributed by atoms with Gasteiger partial charge in [0.25, 0.3) is 0 Å². The minimum Gasteiger partial charge on any atom is -0.481 e. The van der Waals surface area contributed by atoms with E-state index in [1.807, 2.05) is 0 Å². The lowest BCUT2D eigenvalue weighted by atomic mass is 9.78. The molecule has 20 heavy (non-hydrogen) atoms. The van der Waals surface area contributed by atoms with Crippen LogP contribution in [0.1, 0.15) is 40.0 Å². The first kappa shape index (κ1) is 16.1. The fraction of sp³-hybridized carbons (Fsp3) is 0.692. The molecular weight excluding hydrogens is 266 g/mol. The van der Waals surface area contributed by atoms with E-state index >= 15 is 0 Å². The molecular formula is C13H19NO6. The van der Waals surface area contributed by atoms with Gasteiger partial charge >= 0.3 is 11.9 Å². The standard InChI is InChI=1S/C13H19NO6/c1-7(2)13(3)6-9(15)14(12(13)20)8(11(18)19)4-5-10(16)17/h7-8H,4-6H2,1-3H3,(H,16,17)(H,18,19). The molecule has 0 spiro atoms. The largest absolute Gasteiger partial charge is 0.481 e. The molecule has 0 radical (unpaired) electrons. The van der Waals surface area contributed by atoms with Gasteiger partial charge in [0.05, 0.1) is 5.41 Å². The van der Waals surface area contributed by atoms with Gasteiger partial charge in [-0.25, -0.2) is 4.79 Å². The predicted molar refractivity (Wildman–Crippen MR) is 67.7 cm³/mol. The lowest BCUT2D eigenvalue weighted by molar-refractivity contribution is -0.157. The first-order valence-corrected chi connectivity index (χ1v) is 6.42. The van der Waals surface area contributed by atoms with E-state index in [0.29, 0.717) is 0 Å². The Hall–Kier alpha value is -1.92. The van der Waals surface area contributed by atoms with E-state index in [9.17, 15) is 19.2 Å². The molecule has 7 heteroatoms. The van der Waals surface area contributed by atoms with Crippen LogP contribution in [0.3, 0.4) is 0 Å². The van der Waals surface area contributed by atoms with Crippen LogP contribution in [0.25, 0.3) is 0 Å². The van der Waals surface area contributed by atoms with Crippen LogP contribution in [0.4, 0.5) is 0 Å². The van der Waals surface area contributed by atoms with Gasteiger partial charge in [-0.2, -0.15) is 0 Å². The quantitative estimate of drug-likeness (QED) is 0.696. The van der Waals surface area contributed by atoms with E-state index in [1.54, 1.807) is 20.8 Å². The molecule has 0 aliphatic carbocycles. The molecule has 112 valence electrons. The minimum atomic E-state index is -1.41. The highest BCUT2D eigenvalue weighted by atomic mass is 16.4. The minimum absolute atomic E-state index is 0.0413. The van der Waals surface area contributed by atoms with Crippen LogP contribution in [-0.4, -0.2) is 44.9 Å². The maximum atomic E-state index is 12.4. The number of carboxylic acids is 2. The van der Waals surface area contributed by atoms with Gasteiger partial charge in [0.1, 0.15) is 6.04 Å². The monoisotopic (exact) mass is 285 g/mol. The van der Waals surface area contributed by atoms with E-state index in [1.165, 1.54) is 0 Å². The van der Waals surface area contributed by atoms with Gasteiger partial charge in [-0.15, -0.1) is 0 Å². The second kappa shape index (κ2) is 5.60. The lowest BCUT2D eigenvalue weighted by Crippen LogP contribution is -2.47. The number of hydrogen-bond acceptors (Lipinski definition) is 4. The second-order valence-corrected chi connectivity index (χ2v) is 5.60. The number of nitrogens with zero attached hydrogens (tertiary/aromatic N) is 1. The zero-order valence-corrected chi connectivity index (χ0v) is 11.8. The SMILES string of the molecule is CC(C)C1(C)CC(=O)N(C(CCC(=O)O)C(=O)O)C1=O. The molecule has 2 amide bonds. The van der Waals surface area contributed by atoms with Crippen LogP contribution in [0.5, 0.6) is 0 Å². The Morgan fingerprint density at radius 1 is 1.30 bits per heavy atom. The number of aliphatic carboxylic acids is 2. The average molecular weight is 285 g/mol.